The van der Waals surface area contributed by atoms with Crippen molar-refractivity contribution in [1.82, 2.24) is 9.80 Å². The summed E-state index contributed by atoms with van der Waals surface area (Å²) in [6.45, 7) is 5.40. The maximum atomic E-state index is 13.2. The summed E-state index contributed by atoms with van der Waals surface area (Å²) in [5, 5.41) is 11.1. The van der Waals surface area contributed by atoms with Gasteiger partial charge in [-0.15, -0.1) is 0 Å². The largest absolute Gasteiger partial charge is 0.379 e. The number of rotatable bonds is 7. The average molecular weight is 385 g/mol. The molecule has 1 aromatic rings. The highest BCUT2D eigenvalue weighted by molar-refractivity contribution is 5.94. The first-order chi connectivity index (χ1) is 13.6. The molecule has 150 valence electrons. The van der Waals surface area contributed by atoms with E-state index in [0.717, 1.165) is 45.8 Å². The van der Waals surface area contributed by atoms with Gasteiger partial charge in [-0.3, -0.25) is 19.8 Å². The van der Waals surface area contributed by atoms with Crippen molar-refractivity contribution in [2.24, 2.45) is 17.8 Å². The minimum Gasteiger partial charge on any atom is -0.379 e. The number of ether oxygens (including phenoxy) is 1. The minimum atomic E-state index is -0.449. The van der Waals surface area contributed by atoms with Crippen molar-refractivity contribution in [2.75, 3.05) is 45.9 Å². The Labute approximate surface area is 165 Å². The van der Waals surface area contributed by atoms with Gasteiger partial charge in [-0.2, -0.15) is 0 Å². The molecule has 1 saturated heterocycles. The number of morpholine rings is 1. The SMILES string of the molecule is O=C(c1cccc([N+](=O)[O-])c1)N(CCN1CCOCC1)CC1CC2C=CC1C2. The van der Waals surface area contributed by atoms with Crippen LogP contribution in [0, 0.1) is 27.9 Å². The van der Waals surface area contributed by atoms with Crippen LogP contribution in [0.2, 0.25) is 0 Å². The number of carbonyl (C=O) groups is 1. The van der Waals surface area contributed by atoms with E-state index < -0.39 is 4.92 Å². The van der Waals surface area contributed by atoms with Crippen molar-refractivity contribution in [1.29, 1.82) is 0 Å². The summed E-state index contributed by atoms with van der Waals surface area (Å²) in [5.74, 6) is 1.60. The molecular formula is C21H27N3O4. The second-order valence-corrected chi connectivity index (χ2v) is 8.05. The third-order valence-electron chi connectivity index (χ3n) is 6.25. The monoisotopic (exact) mass is 385 g/mol. The summed E-state index contributed by atoms with van der Waals surface area (Å²) in [5.41, 5.74) is 0.358. The van der Waals surface area contributed by atoms with Gasteiger partial charge in [-0.05, 0) is 36.7 Å². The van der Waals surface area contributed by atoms with Crippen LogP contribution in [0.4, 0.5) is 5.69 Å². The first kappa shape index (κ1) is 19.1. The fraction of sp³-hybridized carbons (Fsp3) is 0.571. The predicted octanol–water partition coefficient (Wildman–Crippen LogP) is 2.58. The maximum Gasteiger partial charge on any atom is 0.270 e. The van der Waals surface area contributed by atoms with Crippen molar-refractivity contribution >= 4 is 11.6 Å². The molecule has 1 heterocycles. The van der Waals surface area contributed by atoms with Crippen LogP contribution in [0.1, 0.15) is 23.2 Å². The molecule has 0 N–H and O–H groups in total. The molecule has 28 heavy (non-hydrogen) atoms. The number of hydrogen-bond acceptors (Lipinski definition) is 5. The van der Waals surface area contributed by atoms with Crippen LogP contribution in [0.15, 0.2) is 36.4 Å². The molecular weight excluding hydrogens is 358 g/mol. The molecule has 1 aliphatic heterocycles. The third-order valence-corrected chi connectivity index (χ3v) is 6.25. The molecule has 2 aliphatic carbocycles. The van der Waals surface area contributed by atoms with E-state index in [2.05, 4.69) is 17.1 Å². The van der Waals surface area contributed by atoms with Crippen molar-refractivity contribution in [3.63, 3.8) is 0 Å². The molecule has 1 saturated carbocycles. The van der Waals surface area contributed by atoms with E-state index in [4.69, 9.17) is 4.74 Å². The quantitative estimate of drug-likeness (QED) is 0.410. The number of allylic oxidation sites excluding steroid dienone is 2. The Morgan fingerprint density at radius 2 is 2.07 bits per heavy atom. The second kappa shape index (κ2) is 8.41. The number of amides is 1. The van der Waals surface area contributed by atoms with E-state index in [9.17, 15) is 14.9 Å². The van der Waals surface area contributed by atoms with Crippen molar-refractivity contribution in [3.8, 4) is 0 Å². The number of nitro groups is 1. The van der Waals surface area contributed by atoms with Gasteiger partial charge >= 0.3 is 0 Å². The second-order valence-electron chi connectivity index (χ2n) is 8.05. The lowest BCUT2D eigenvalue weighted by atomic mass is 9.93. The van der Waals surface area contributed by atoms with Gasteiger partial charge < -0.3 is 9.64 Å². The summed E-state index contributed by atoms with van der Waals surface area (Å²) in [7, 11) is 0. The molecule has 0 aromatic heterocycles. The summed E-state index contributed by atoms with van der Waals surface area (Å²) in [6, 6.07) is 6.09. The normalized spacial score (nSPS) is 26.5. The average Bonchev–Trinajstić information content (AvgIpc) is 3.34. The molecule has 4 rings (SSSR count). The number of hydrogen-bond donors (Lipinski definition) is 0. The number of fused-ring (bicyclic) bond motifs is 2. The summed E-state index contributed by atoms with van der Waals surface area (Å²) < 4.78 is 5.41. The standard InChI is InChI=1S/C21H27N3O4/c25-21(18-2-1-3-20(14-18)24(26)27)23(7-6-22-8-10-28-11-9-22)15-19-13-16-4-5-17(19)12-16/h1-5,14,16-17,19H,6-13,15H2. The Kier molecular flexibility index (Phi) is 5.73. The molecule has 3 aliphatic rings. The molecule has 3 unspecified atom stereocenters. The molecule has 3 atom stereocenters. The lowest BCUT2D eigenvalue weighted by molar-refractivity contribution is -0.384. The first-order valence-electron chi connectivity index (χ1n) is 10.1. The van der Waals surface area contributed by atoms with E-state index in [1.165, 1.54) is 18.6 Å². The van der Waals surface area contributed by atoms with Crippen LogP contribution in [0.3, 0.4) is 0 Å². The van der Waals surface area contributed by atoms with Crippen molar-refractivity contribution in [3.05, 3.63) is 52.1 Å². The number of benzene rings is 1. The number of non-ortho nitro benzene ring substituents is 1. The van der Waals surface area contributed by atoms with E-state index in [-0.39, 0.29) is 11.6 Å². The van der Waals surface area contributed by atoms with Crippen molar-refractivity contribution in [2.45, 2.75) is 12.8 Å². The van der Waals surface area contributed by atoms with Crippen LogP contribution in [-0.4, -0.2) is 66.6 Å². The minimum absolute atomic E-state index is 0.0400. The zero-order chi connectivity index (χ0) is 19.5. The molecule has 1 aromatic carbocycles. The fourth-order valence-electron chi connectivity index (χ4n) is 4.69. The maximum absolute atomic E-state index is 13.2. The van der Waals surface area contributed by atoms with Crippen LogP contribution in [0.5, 0.6) is 0 Å². The third kappa shape index (κ3) is 4.25. The molecule has 2 fully saturated rings. The Balaban J connectivity index is 1.47. The van der Waals surface area contributed by atoms with E-state index in [1.807, 2.05) is 4.90 Å². The highest BCUT2D eigenvalue weighted by Crippen LogP contribution is 2.43. The van der Waals surface area contributed by atoms with Gasteiger partial charge in [0.2, 0.25) is 0 Å². The van der Waals surface area contributed by atoms with Crippen LogP contribution >= 0.6 is 0 Å². The van der Waals surface area contributed by atoms with Gasteiger partial charge in [0, 0.05) is 50.4 Å². The van der Waals surface area contributed by atoms with Crippen LogP contribution in [0.25, 0.3) is 0 Å². The number of nitro benzene ring substituents is 1. The number of carbonyl (C=O) groups excluding carboxylic acids is 1. The van der Waals surface area contributed by atoms with Gasteiger partial charge in [0.05, 0.1) is 18.1 Å². The van der Waals surface area contributed by atoms with E-state index >= 15 is 0 Å². The topological polar surface area (TPSA) is 75.9 Å². The van der Waals surface area contributed by atoms with Crippen molar-refractivity contribution < 1.29 is 14.5 Å². The van der Waals surface area contributed by atoms with E-state index in [0.29, 0.717) is 29.9 Å². The zero-order valence-electron chi connectivity index (χ0n) is 16.0. The number of nitrogens with zero attached hydrogens (tertiary/aromatic N) is 3. The van der Waals surface area contributed by atoms with Gasteiger partial charge in [-0.25, -0.2) is 0 Å². The highest BCUT2D eigenvalue weighted by Gasteiger charge is 2.37. The predicted molar refractivity (Wildman–Crippen MR) is 105 cm³/mol. The van der Waals surface area contributed by atoms with E-state index in [1.54, 1.807) is 12.1 Å². The van der Waals surface area contributed by atoms with Crippen LogP contribution in [-0.2, 0) is 4.74 Å². The molecule has 2 bridgehead atoms. The lowest BCUT2D eigenvalue weighted by Gasteiger charge is -2.32. The smallest absolute Gasteiger partial charge is 0.270 e. The summed E-state index contributed by atoms with van der Waals surface area (Å²) in [6.07, 6.45) is 6.95. The van der Waals surface area contributed by atoms with Gasteiger partial charge in [0.25, 0.3) is 11.6 Å². The summed E-state index contributed by atoms with van der Waals surface area (Å²) >= 11 is 0. The molecule has 0 radical (unpaired) electrons. The Morgan fingerprint density at radius 1 is 1.25 bits per heavy atom. The molecule has 7 heteroatoms. The fourth-order valence-corrected chi connectivity index (χ4v) is 4.69. The molecule has 1 amide bonds. The molecule has 7 nitrogen and oxygen atoms in total. The van der Waals surface area contributed by atoms with Gasteiger partial charge in [0.1, 0.15) is 0 Å². The summed E-state index contributed by atoms with van der Waals surface area (Å²) in [4.78, 5) is 28.1. The first-order valence-corrected chi connectivity index (χ1v) is 10.1. The molecule has 0 spiro atoms. The Morgan fingerprint density at radius 3 is 2.75 bits per heavy atom. The highest BCUT2D eigenvalue weighted by atomic mass is 16.6. The van der Waals surface area contributed by atoms with Crippen LogP contribution < -0.4 is 0 Å². The van der Waals surface area contributed by atoms with Gasteiger partial charge in [-0.1, -0.05) is 18.2 Å². The zero-order valence-corrected chi connectivity index (χ0v) is 16.0. The van der Waals surface area contributed by atoms with Gasteiger partial charge in [0.15, 0.2) is 0 Å². The Bertz CT molecular complexity index is 760. The lowest BCUT2D eigenvalue weighted by Crippen LogP contribution is -2.44. The Hall–Kier alpha value is -2.25.